The third kappa shape index (κ3) is 3.94. The highest BCUT2D eigenvalue weighted by molar-refractivity contribution is 5.83. The van der Waals surface area contributed by atoms with Crippen LogP contribution in [0.1, 0.15) is 27.2 Å². The molecule has 1 amide bonds. The molecule has 0 saturated carbocycles. The second-order valence-corrected chi connectivity index (χ2v) is 4.03. The van der Waals surface area contributed by atoms with Crippen molar-refractivity contribution in [1.29, 1.82) is 0 Å². The number of hydrogen-bond donors (Lipinski definition) is 2. The van der Waals surface area contributed by atoms with Crippen molar-refractivity contribution in [2.75, 3.05) is 5.32 Å². The molecule has 0 aromatic carbocycles. The molecule has 1 aromatic heterocycles. The van der Waals surface area contributed by atoms with Gasteiger partial charge in [0.2, 0.25) is 11.8 Å². The molecule has 0 bridgehead atoms. The maximum Gasteiger partial charge on any atom is 0.239 e. The fourth-order valence-corrected chi connectivity index (χ4v) is 1.38. The SMILES string of the molecule is CCC(Nc1cccnc1OC(C)C)C(N)=O. The van der Waals surface area contributed by atoms with E-state index in [0.29, 0.717) is 18.0 Å². The number of rotatable bonds is 6. The molecule has 0 aliphatic rings. The van der Waals surface area contributed by atoms with Crippen molar-refractivity contribution in [2.24, 2.45) is 5.73 Å². The number of nitrogens with two attached hydrogens (primary N) is 1. The lowest BCUT2D eigenvalue weighted by atomic mass is 10.2. The maximum absolute atomic E-state index is 11.2. The van der Waals surface area contributed by atoms with Gasteiger partial charge >= 0.3 is 0 Å². The Bertz CT molecular complexity index is 380. The normalized spacial score (nSPS) is 12.2. The van der Waals surface area contributed by atoms with E-state index in [1.54, 1.807) is 12.3 Å². The fraction of sp³-hybridized carbons (Fsp3) is 0.500. The number of ether oxygens (including phenoxy) is 1. The Morgan fingerprint density at radius 3 is 2.82 bits per heavy atom. The number of hydrogen-bond acceptors (Lipinski definition) is 4. The van der Waals surface area contributed by atoms with Gasteiger partial charge in [0.05, 0.1) is 11.8 Å². The number of nitrogens with zero attached hydrogens (tertiary/aromatic N) is 1. The average Bonchev–Trinajstić information content (AvgIpc) is 2.26. The number of anilines is 1. The first kappa shape index (κ1) is 13.3. The summed E-state index contributed by atoms with van der Waals surface area (Å²) in [5.41, 5.74) is 5.97. The molecule has 1 heterocycles. The average molecular weight is 237 g/mol. The Morgan fingerprint density at radius 1 is 1.59 bits per heavy atom. The largest absolute Gasteiger partial charge is 0.473 e. The van der Waals surface area contributed by atoms with E-state index in [-0.39, 0.29) is 12.0 Å². The molecule has 0 saturated heterocycles. The minimum Gasteiger partial charge on any atom is -0.473 e. The van der Waals surface area contributed by atoms with Crippen LogP contribution in [0.15, 0.2) is 18.3 Å². The molecule has 0 radical (unpaired) electrons. The number of pyridine rings is 1. The van der Waals surface area contributed by atoms with E-state index in [1.165, 1.54) is 0 Å². The van der Waals surface area contributed by atoms with Gasteiger partial charge in [-0.3, -0.25) is 4.79 Å². The summed E-state index contributed by atoms with van der Waals surface area (Å²) in [6.07, 6.45) is 2.29. The first-order chi connectivity index (χ1) is 8.04. The molecule has 1 rings (SSSR count). The quantitative estimate of drug-likeness (QED) is 0.786. The molecule has 1 unspecified atom stereocenters. The van der Waals surface area contributed by atoms with Gasteiger partial charge in [0.25, 0.3) is 0 Å². The number of carbonyl (C=O) groups is 1. The zero-order chi connectivity index (χ0) is 12.8. The fourth-order valence-electron chi connectivity index (χ4n) is 1.38. The minimum atomic E-state index is -0.409. The van der Waals surface area contributed by atoms with E-state index in [9.17, 15) is 4.79 Å². The molecule has 0 spiro atoms. The summed E-state index contributed by atoms with van der Waals surface area (Å²) in [7, 11) is 0. The van der Waals surface area contributed by atoms with Crippen LogP contribution < -0.4 is 15.8 Å². The van der Waals surface area contributed by atoms with Crippen LogP contribution in [-0.4, -0.2) is 23.0 Å². The molecule has 17 heavy (non-hydrogen) atoms. The van der Waals surface area contributed by atoms with Gasteiger partial charge in [0.1, 0.15) is 6.04 Å². The highest BCUT2D eigenvalue weighted by Gasteiger charge is 2.15. The summed E-state index contributed by atoms with van der Waals surface area (Å²) >= 11 is 0. The van der Waals surface area contributed by atoms with E-state index in [4.69, 9.17) is 10.5 Å². The van der Waals surface area contributed by atoms with Gasteiger partial charge in [-0.1, -0.05) is 6.92 Å². The van der Waals surface area contributed by atoms with Crippen LogP contribution in [-0.2, 0) is 4.79 Å². The lowest BCUT2D eigenvalue weighted by Crippen LogP contribution is -2.35. The Labute approximate surface area is 101 Å². The van der Waals surface area contributed by atoms with Crippen molar-refractivity contribution in [3.05, 3.63) is 18.3 Å². The molecule has 5 heteroatoms. The minimum absolute atomic E-state index is 0.0269. The third-order valence-corrected chi connectivity index (χ3v) is 2.20. The zero-order valence-electron chi connectivity index (χ0n) is 10.4. The van der Waals surface area contributed by atoms with E-state index in [2.05, 4.69) is 10.3 Å². The Balaban J connectivity index is 2.85. The second-order valence-electron chi connectivity index (χ2n) is 4.03. The van der Waals surface area contributed by atoms with Gasteiger partial charge in [0.15, 0.2) is 0 Å². The number of primary amides is 1. The van der Waals surface area contributed by atoms with Gasteiger partial charge in [0, 0.05) is 6.20 Å². The molecule has 5 nitrogen and oxygen atoms in total. The summed E-state index contributed by atoms with van der Waals surface area (Å²) in [4.78, 5) is 15.3. The van der Waals surface area contributed by atoms with Crippen molar-refractivity contribution < 1.29 is 9.53 Å². The van der Waals surface area contributed by atoms with Crippen LogP contribution in [0.2, 0.25) is 0 Å². The molecule has 1 aromatic rings. The predicted molar refractivity (Wildman–Crippen MR) is 66.9 cm³/mol. The van der Waals surface area contributed by atoms with Crippen LogP contribution in [0, 0.1) is 0 Å². The molecule has 94 valence electrons. The summed E-state index contributed by atoms with van der Waals surface area (Å²) in [5.74, 6) is 0.106. The number of carbonyl (C=O) groups excluding carboxylic acids is 1. The summed E-state index contributed by atoms with van der Waals surface area (Å²) in [6, 6.07) is 3.19. The Kier molecular flexibility index (Phi) is 4.75. The summed E-state index contributed by atoms with van der Waals surface area (Å²) in [6.45, 7) is 5.73. The van der Waals surface area contributed by atoms with E-state index in [1.807, 2.05) is 26.8 Å². The number of aromatic nitrogens is 1. The van der Waals surface area contributed by atoms with Gasteiger partial charge in [-0.25, -0.2) is 4.98 Å². The Morgan fingerprint density at radius 2 is 2.29 bits per heavy atom. The molecular formula is C12H19N3O2. The lowest BCUT2D eigenvalue weighted by Gasteiger charge is -2.18. The predicted octanol–water partition coefficient (Wildman–Crippen LogP) is 1.54. The van der Waals surface area contributed by atoms with E-state index >= 15 is 0 Å². The van der Waals surface area contributed by atoms with Crippen molar-refractivity contribution >= 4 is 11.6 Å². The number of nitrogens with one attached hydrogen (secondary N) is 1. The van der Waals surface area contributed by atoms with Gasteiger partial charge in [-0.05, 0) is 32.4 Å². The van der Waals surface area contributed by atoms with Crippen molar-refractivity contribution in [3.63, 3.8) is 0 Å². The van der Waals surface area contributed by atoms with Crippen molar-refractivity contribution in [3.8, 4) is 5.88 Å². The second kappa shape index (κ2) is 6.08. The molecule has 1 atom stereocenters. The highest BCUT2D eigenvalue weighted by Crippen LogP contribution is 2.22. The standard InChI is InChI=1S/C12H19N3O2/c1-4-9(11(13)16)15-10-6-5-7-14-12(10)17-8(2)3/h5-9,15H,4H2,1-3H3,(H2,13,16). The van der Waals surface area contributed by atoms with Crippen LogP contribution in [0.4, 0.5) is 5.69 Å². The van der Waals surface area contributed by atoms with Crippen LogP contribution in [0.3, 0.4) is 0 Å². The molecule has 0 aliphatic heterocycles. The van der Waals surface area contributed by atoms with Crippen LogP contribution in [0.5, 0.6) is 5.88 Å². The van der Waals surface area contributed by atoms with E-state index in [0.717, 1.165) is 0 Å². The topological polar surface area (TPSA) is 77.2 Å². The zero-order valence-corrected chi connectivity index (χ0v) is 10.4. The number of amides is 1. The third-order valence-electron chi connectivity index (χ3n) is 2.20. The van der Waals surface area contributed by atoms with Crippen LogP contribution in [0.25, 0.3) is 0 Å². The molecule has 3 N–H and O–H groups in total. The molecule has 0 fully saturated rings. The smallest absolute Gasteiger partial charge is 0.239 e. The Hall–Kier alpha value is -1.78. The maximum atomic E-state index is 11.2. The van der Waals surface area contributed by atoms with E-state index < -0.39 is 6.04 Å². The van der Waals surface area contributed by atoms with Gasteiger partial charge in [-0.2, -0.15) is 0 Å². The first-order valence-corrected chi connectivity index (χ1v) is 5.72. The van der Waals surface area contributed by atoms with Gasteiger partial charge < -0.3 is 15.8 Å². The summed E-state index contributed by atoms with van der Waals surface area (Å²) in [5, 5.41) is 3.04. The highest BCUT2D eigenvalue weighted by atomic mass is 16.5. The molecule has 0 aliphatic carbocycles. The summed E-state index contributed by atoms with van der Waals surface area (Å²) < 4.78 is 5.54. The monoisotopic (exact) mass is 237 g/mol. The van der Waals surface area contributed by atoms with Crippen molar-refractivity contribution in [1.82, 2.24) is 4.98 Å². The van der Waals surface area contributed by atoms with Gasteiger partial charge in [-0.15, -0.1) is 0 Å². The van der Waals surface area contributed by atoms with Crippen molar-refractivity contribution in [2.45, 2.75) is 39.3 Å². The lowest BCUT2D eigenvalue weighted by molar-refractivity contribution is -0.118. The van der Waals surface area contributed by atoms with Crippen LogP contribution >= 0.6 is 0 Å². The molecular weight excluding hydrogens is 218 g/mol. The first-order valence-electron chi connectivity index (χ1n) is 5.72.